The highest BCUT2D eigenvalue weighted by Crippen LogP contribution is 2.17. The Morgan fingerprint density at radius 1 is 1.04 bits per heavy atom. The molecule has 2 aliphatic heterocycles. The molecule has 0 spiro atoms. The molecule has 28 heavy (non-hydrogen) atoms. The zero-order chi connectivity index (χ0) is 19.9. The number of hydrogen-bond acceptors (Lipinski definition) is 4. The molecule has 3 rings (SSSR count). The molecule has 2 fully saturated rings. The van der Waals surface area contributed by atoms with E-state index < -0.39 is 0 Å². The highest BCUT2D eigenvalue weighted by Gasteiger charge is 2.27. The quantitative estimate of drug-likeness (QED) is 0.782. The number of likely N-dealkylation sites (tertiary alicyclic amines) is 1. The number of piperidine rings is 1. The van der Waals surface area contributed by atoms with Gasteiger partial charge in [0.15, 0.2) is 0 Å². The van der Waals surface area contributed by atoms with Crippen molar-refractivity contribution in [1.29, 1.82) is 5.26 Å². The van der Waals surface area contributed by atoms with E-state index in [1.807, 2.05) is 21.9 Å². The van der Waals surface area contributed by atoms with Gasteiger partial charge in [-0.2, -0.15) is 5.26 Å². The van der Waals surface area contributed by atoms with E-state index in [4.69, 9.17) is 5.26 Å². The van der Waals surface area contributed by atoms with Crippen molar-refractivity contribution in [3.63, 3.8) is 0 Å². The average molecular weight is 383 g/mol. The van der Waals surface area contributed by atoms with Crippen LogP contribution in [0.3, 0.4) is 0 Å². The maximum atomic E-state index is 12.6. The predicted octanol–water partition coefficient (Wildman–Crippen LogP) is 2.04. The van der Waals surface area contributed by atoms with Crippen molar-refractivity contribution in [3.8, 4) is 6.07 Å². The van der Waals surface area contributed by atoms with Gasteiger partial charge in [-0.25, -0.2) is 0 Å². The molecular formula is C22H30N4O2. The molecule has 1 aromatic carbocycles. The third kappa shape index (κ3) is 5.32. The fourth-order valence-electron chi connectivity index (χ4n) is 4.06. The minimum atomic E-state index is 0.167. The fraction of sp³-hybridized carbons (Fsp3) is 0.591. The number of amides is 2. The van der Waals surface area contributed by atoms with Gasteiger partial charge in [-0.1, -0.05) is 12.1 Å². The summed E-state index contributed by atoms with van der Waals surface area (Å²) in [6, 6.07) is 9.87. The lowest BCUT2D eigenvalue weighted by molar-refractivity contribution is -0.137. The Labute approximate surface area is 167 Å². The van der Waals surface area contributed by atoms with E-state index >= 15 is 0 Å². The summed E-state index contributed by atoms with van der Waals surface area (Å²) in [5, 5.41) is 8.84. The third-order valence-electron chi connectivity index (χ3n) is 5.92. The Morgan fingerprint density at radius 2 is 1.75 bits per heavy atom. The number of nitrogens with zero attached hydrogens (tertiary/aromatic N) is 4. The van der Waals surface area contributed by atoms with Crippen LogP contribution in [0.25, 0.3) is 0 Å². The maximum absolute atomic E-state index is 12.6. The van der Waals surface area contributed by atoms with Crippen molar-refractivity contribution in [1.82, 2.24) is 14.7 Å². The second-order valence-electron chi connectivity index (χ2n) is 7.90. The molecule has 0 aliphatic carbocycles. The summed E-state index contributed by atoms with van der Waals surface area (Å²) >= 11 is 0. The first-order valence-corrected chi connectivity index (χ1v) is 10.4. The fourth-order valence-corrected chi connectivity index (χ4v) is 4.06. The van der Waals surface area contributed by atoms with Gasteiger partial charge in [-0.3, -0.25) is 14.5 Å². The molecule has 1 unspecified atom stereocenters. The highest BCUT2D eigenvalue weighted by atomic mass is 16.2. The summed E-state index contributed by atoms with van der Waals surface area (Å²) in [4.78, 5) is 31.2. The van der Waals surface area contributed by atoms with Crippen molar-refractivity contribution in [2.24, 2.45) is 0 Å². The minimum Gasteiger partial charge on any atom is -0.340 e. The Hall–Kier alpha value is -2.39. The normalized spacial score (nSPS) is 20.6. The van der Waals surface area contributed by atoms with Gasteiger partial charge in [-0.05, 0) is 50.3 Å². The van der Waals surface area contributed by atoms with E-state index in [9.17, 15) is 9.59 Å². The van der Waals surface area contributed by atoms with E-state index in [1.165, 1.54) is 6.42 Å². The van der Waals surface area contributed by atoms with Crippen molar-refractivity contribution < 1.29 is 9.59 Å². The molecule has 0 aromatic heterocycles. The molecule has 2 amide bonds. The second-order valence-corrected chi connectivity index (χ2v) is 7.90. The van der Waals surface area contributed by atoms with Crippen molar-refractivity contribution in [2.75, 3.05) is 39.3 Å². The van der Waals surface area contributed by atoms with Crippen molar-refractivity contribution in [3.05, 3.63) is 35.4 Å². The van der Waals surface area contributed by atoms with Gasteiger partial charge in [-0.15, -0.1) is 0 Å². The molecular weight excluding hydrogens is 352 g/mol. The van der Waals surface area contributed by atoms with Crippen LogP contribution < -0.4 is 0 Å². The van der Waals surface area contributed by atoms with Gasteiger partial charge in [0, 0.05) is 45.2 Å². The van der Waals surface area contributed by atoms with Crippen LogP contribution in [0.4, 0.5) is 0 Å². The molecule has 1 aromatic rings. The van der Waals surface area contributed by atoms with E-state index in [1.54, 1.807) is 12.1 Å². The molecule has 2 heterocycles. The number of piperazine rings is 1. The third-order valence-corrected chi connectivity index (χ3v) is 5.92. The maximum Gasteiger partial charge on any atom is 0.236 e. The van der Waals surface area contributed by atoms with E-state index in [2.05, 4.69) is 17.9 Å². The molecule has 6 nitrogen and oxygen atoms in total. The first-order valence-electron chi connectivity index (χ1n) is 10.4. The molecule has 6 heteroatoms. The second kappa shape index (κ2) is 9.70. The number of carbonyl (C=O) groups is 2. The molecule has 1 atom stereocenters. The van der Waals surface area contributed by atoms with E-state index in [0.29, 0.717) is 44.1 Å². The highest BCUT2D eigenvalue weighted by molar-refractivity contribution is 5.79. The number of aryl methyl sites for hydroxylation is 1. The van der Waals surface area contributed by atoms with Crippen LogP contribution in [0.1, 0.15) is 43.7 Å². The lowest BCUT2D eigenvalue weighted by atomic mass is 10.0. The van der Waals surface area contributed by atoms with Gasteiger partial charge in [0.05, 0.1) is 18.2 Å². The summed E-state index contributed by atoms with van der Waals surface area (Å²) in [6.45, 7) is 6.39. The Bertz CT molecular complexity index is 717. The van der Waals surface area contributed by atoms with Crippen LogP contribution in [0.2, 0.25) is 0 Å². The number of hydrogen-bond donors (Lipinski definition) is 0. The van der Waals surface area contributed by atoms with Gasteiger partial charge >= 0.3 is 0 Å². The Kier molecular flexibility index (Phi) is 7.05. The minimum absolute atomic E-state index is 0.167. The largest absolute Gasteiger partial charge is 0.340 e. The first kappa shape index (κ1) is 20.3. The average Bonchev–Trinajstić information content (AvgIpc) is 2.73. The molecule has 2 saturated heterocycles. The summed E-state index contributed by atoms with van der Waals surface area (Å²) < 4.78 is 0. The summed E-state index contributed by atoms with van der Waals surface area (Å²) in [7, 11) is 0. The smallest absolute Gasteiger partial charge is 0.236 e. The molecule has 0 radical (unpaired) electrons. The molecule has 0 saturated carbocycles. The van der Waals surface area contributed by atoms with Gasteiger partial charge in [0.2, 0.25) is 11.8 Å². The topological polar surface area (TPSA) is 67.7 Å². The lowest BCUT2D eigenvalue weighted by Crippen LogP contribution is -2.53. The lowest BCUT2D eigenvalue weighted by Gasteiger charge is -2.38. The summed E-state index contributed by atoms with van der Waals surface area (Å²) in [6.07, 6.45) is 4.60. The number of rotatable bonds is 5. The van der Waals surface area contributed by atoms with Gasteiger partial charge in [0.1, 0.15) is 0 Å². The zero-order valence-corrected chi connectivity index (χ0v) is 16.8. The molecule has 150 valence electrons. The van der Waals surface area contributed by atoms with Crippen LogP contribution in [-0.2, 0) is 16.0 Å². The number of carbonyl (C=O) groups excluding carboxylic acids is 2. The number of nitriles is 1. The van der Waals surface area contributed by atoms with Gasteiger partial charge < -0.3 is 9.80 Å². The Balaban J connectivity index is 1.39. The Morgan fingerprint density at radius 3 is 2.39 bits per heavy atom. The van der Waals surface area contributed by atoms with Crippen LogP contribution >= 0.6 is 0 Å². The van der Waals surface area contributed by atoms with Crippen LogP contribution in [0, 0.1) is 11.3 Å². The van der Waals surface area contributed by atoms with Crippen molar-refractivity contribution >= 4 is 11.8 Å². The van der Waals surface area contributed by atoms with E-state index in [-0.39, 0.29) is 11.8 Å². The molecule has 2 aliphatic rings. The zero-order valence-electron chi connectivity index (χ0n) is 16.8. The van der Waals surface area contributed by atoms with E-state index in [0.717, 1.165) is 38.0 Å². The standard InChI is InChI=1S/C22H30N4O2/c1-18-4-2-3-11-26(18)22(28)17-24-12-14-25(15-13-24)21(27)10-9-19-5-7-20(16-23)8-6-19/h5-8,18H,2-4,9-15,17H2,1H3. The summed E-state index contributed by atoms with van der Waals surface area (Å²) in [5.41, 5.74) is 1.71. The molecule has 0 bridgehead atoms. The number of benzene rings is 1. The van der Waals surface area contributed by atoms with Crippen molar-refractivity contribution in [2.45, 2.75) is 45.1 Å². The SMILES string of the molecule is CC1CCCCN1C(=O)CN1CCN(C(=O)CCc2ccc(C#N)cc2)CC1. The first-order chi connectivity index (χ1) is 13.6. The predicted molar refractivity (Wildman–Crippen MR) is 108 cm³/mol. The summed E-state index contributed by atoms with van der Waals surface area (Å²) in [5.74, 6) is 0.396. The van der Waals surface area contributed by atoms with Crippen LogP contribution in [0.15, 0.2) is 24.3 Å². The van der Waals surface area contributed by atoms with Crippen LogP contribution in [-0.4, -0.2) is 71.8 Å². The van der Waals surface area contributed by atoms with Crippen LogP contribution in [0.5, 0.6) is 0 Å². The molecule has 0 N–H and O–H groups in total. The monoisotopic (exact) mass is 382 g/mol. The van der Waals surface area contributed by atoms with Gasteiger partial charge in [0.25, 0.3) is 0 Å².